The average Bonchev–Trinajstić information content (AvgIpc) is 2.93. The van der Waals surface area contributed by atoms with E-state index in [9.17, 15) is 9.59 Å². The number of esters is 2. The molecule has 6 nitrogen and oxygen atoms in total. The minimum atomic E-state index is -0.443. The lowest BCUT2D eigenvalue weighted by molar-refractivity contribution is 0.0591. The van der Waals surface area contributed by atoms with E-state index >= 15 is 0 Å². The lowest BCUT2D eigenvalue weighted by atomic mass is 9.81. The number of carbonyl (C=O) groups excluding carboxylic acids is 2. The van der Waals surface area contributed by atoms with Gasteiger partial charge in [0, 0.05) is 33.4 Å². The highest BCUT2D eigenvalue weighted by molar-refractivity contribution is 6.11. The molecule has 0 aromatic heterocycles. The topological polar surface area (TPSA) is 71.1 Å². The molecule has 0 unspecified atom stereocenters. The number of rotatable bonds is 2. The fraction of sp³-hybridized carbons (Fsp3) is 0.0667. The van der Waals surface area contributed by atoms with E-state index in [1.807, 2.05) is 48.5 Å². The van der Waals surface area contributed by atoms with Crippen LogP contribution in [0.4, 0.5) is 0 Å². The summed E-state index contributed by atoms with van der Waals surface area (Å²) in [7, 11) is 2.71. The first-order chi connectivity index (χ1) is 17.6. The minimum absolute atomic E-state index is 0.404. The van der Waals surface area contributed by atoms with E-state index in [1.54, 1.807) is 36.4 Å². The predicted molar refractivity (Wildman–Crippen MR) is 134 cm³/mol. The molecule has 0 radical (unpaired) electrons. The van der Waals surface area contributed by atoms with E-state index in [0.717, 1.165) is 33.4 Å². The van der Waals surface area contributed by atoms with Gasteiger partial charge in [-0.3, -0.25) is 0 Å². The fourth-order valence-corrected chi connectivity index (χ4v) is 4.71. The van der Waals surface area contributed by atoms with Crippen molar-refractivity contribution < 1.29 is 28.5 Å². The van der Waals surface area contributed by atoms with Crippen LogP contribution in [0.5, 0.6) is 23.0 Å². The molecule has 2 heterocycles. The second kappa shape index (κ2) is 8.43. The summed E-state index contributed by atoms with van der Waals surface area (Å²) in [6.45, 7) is 0. The molecule has 0 amide bonds. The second-order valence-electron chi connectivity index (χ2n) is 8.35. The lowest BCUT2D eigenvalue weighted by Crippen LogP contribution is -2.11. The van der Waals surface area contributed by atoms with Crippen molar-refractivity contribution in [3.05, 3.63) is 118 Å². The molecule has 36 heavy (non-hydrogen) atoms. The Hall–Kier alpha value is -4.84. The zero-order chi connectivity index (χ0) is 24.8. The predicted octanol–water partition coefficient (Wildman–Crippen LogP) is 6.48. The zero-order valence-corrected chi connectivity index (χ0v) is 19.5. The first-order valence-corrected chi connectivity index (χ1v) is 11.3. The average molecular weight is 476 g/mol. The summed E-state index contributed by atoms with van der Waals surface area (Å²) >= 11 is 0. The Balaban J connectivity index is 1.75. The summed E-state index contributed by atoms with van der Waals surface area (Å²) in [6.07, 6.45) is 0. The van der Waals surface area contributed by atoms with Crippen molar-refractivity contribution in [1.29, 1.82) is 0 Å². The molecule has 2 aliphatic rings. The molecule has 0 bridgehead atoms. The van der Waals surface area contributed by atoms with Crippen molar-refractivity contribution in [2.45, 2.75) is 0 Å². The molecule has 6 rings (SSSR count). The second-order valence-corrected chi connectivity index (χ2v) is 8.35. The maximum atomic E-state index is 12.4. The number of ether oxygens (including phenoxy) is 4. The smallest absolute Gasteiger partial charge is 0.337 e. The lowest BCUT2D eigenvalue weighted by Gasteiger charge is -2.30. The Bertz CT molecular complexity index is 1480. The van der Waals surface area contributed by atoms with Gasteiger partial charge in [-0.15, -0.1) is 0 Å². The van der Waals surface area contributed by atoms with E-state index in [1.165, 1.54) is 14.2 Å². The van der Waals surface area contributed by atoms with Gasteiger partial charge in [0.25, 0.3) is 0 Å². The van der Waals surface area contributed by atoms with E-state index in [-0.39, 0.29) is 0 Å². The number of para-hydroxylation sites is 2. The van der Waals surface area contributed by atoms with Gasteiger partial charge >= 0.3 is 11.9 Å². The summed E-state index contributed by atoms with van der Waals surface area (Å²) < 4.78 is 22.4. The Morgan fingerprint density at radius 1 is 0.528 bits per heavy atom. The third-order valence-corrected chi connectivity index (χ3v) is 6.34. The summed E-state index contributed by atoms with van der Waals surface area (Å²) in [4.78, 5) is 24.9. The molecular weight excluding hydrogens is 456 g/mol. The number of benzene rings is 4. The summed E-state index contributed by atoms with van der Waals surface area (Å²) in [6, 6.07) is 25.9. The molecule has 0 atom stereocenters. The molecule has 0 fully saturated rings. The summed E-state index contributed by atoms with van der Waals surface area (Å²) in [5.41, 5.74) is 5.70. The van der Waals surface area contributed by atoms with Crippen molar-refractivity contribution in [2.24, 2.45) is 0 Å². The van der Waals surface area contributed by atoms with Crippen molar-refractivity contribution in [2.75, 3.05) is 14.2 Å². The number of hydrogen-bond donors (Lipinski definition) is 0. The Morgan fingerprint density at radius 3 is 1.33 bits per heavy atom. The van der Waals surface area contributed by atoms with Gasteiger partial charge in [-0.2, -0.15) is 0 Å². The highest BCUT2D eigenvalue weighted by Gasteiger charge is 2.32. The largest absolute Gasteiger partial charge is 0.465 e. The molecule has 0 saturated heterocycles. The Kier molecular flexibility index (Phi) is 5.08. The van der Waals surface area contributed by atoms with E-state index in [0.29, 0.717) is 34.1 Å². The first kappa shape index (κ1) is 21.7. The third kappa shape index (κ3) is 3.34. The molecule has 0 aliphatic carbocycles. The van der Waals surface area contributed by atoms with Crippen LogP contribution in [0.2, 0.25) is 0 Å². The van der Waals surface area contributed by atoms with E-state index in [4.69, 9.17) is 18.9 Å². The molecule has 4 aromatic carbocycles. The van der Waals surface area contributed by atoms with Crippen LogP contribution in [0.15, 0.2) is 84.9 Å². The zero-order valence-electron chi connectivity index (χ0n) is 19.5. The monoisotopic (exact) mass is 476 g/mol. The Morgan fingerprint density at radius 2 is 0.917 bits per heavy atom. The van der Waals surface area contributed by atoms with Gasteiger partial charge in [-0.05, 0) is 48.5 Å². The van der Waals surface area contributed by atoms with Crippen molar-refractivity contribution in [3.63, 3.8) is 0 Å². The number of hydrogen-bond acceptors (Lipinski definition) is 6. The van der Waals surface area contributed by atoms with Crippen LogP contribution >= 0.6 is 0 Å². The van der Waals surface area contributed by atoms with Crippen LogP contribution in [-0.2, 0) is 9.47 Å². The molecule has 0 spiro atoms. The normalized spacial score (nSPS) is 14.7. The Labute approximate surface area is 207 Å². The van der Waals surface area contributed by atoms with Crippen molar-refractivity contribution >= 4 is 23.1 Å². The van der Waals surface area contributed by atoms with Gasteiger partial charge in [-0.1, -0.05) is 36.4 Å². The van der Waals surface area contributed by atoms with Crippen molar-refractivity contribution in [1.82, 2.24) is 0 Å². The molecular formula is C30H20O6. The van der Waals surface area contributed by atoms with Gasteiger partial charge in [0.2, 0.25) is 0 Å². The summed E-state index contributed by atoms with van der Waals surface area (Å²) in [5, 5.41) is 0. The quantitative estimate of drug-likeness (QED) is 0.267. The minimum Gasteiger partial charge on any atom is -0.465 e. The van der Waals surface area contributed by atoms with Crippen LogP contribution in [0, 0.1) is 0 Å². The van der Waals surface area contributed by atoms with Crippen LogP contribution in [-0.4, -0.2) is 26.2 Å². The van der Waals surface area contributed by atoms with Crippen LogP contribution in [0.1, 0.15) is 43.0 Å². The molecule has 0 saturated carbocycles. The first-order valence-electron chi connectivity index (χ1n) is 11.3. The highest BCUT2D eigenvalue weighted by Crippen LogP contribution is 2.53. The van der Waals surface area contributed by atoms with Crippen LogP contribution in [0.25, 0.3) is 11.1 Å². The number of methoxy groups -OCH3 is 2. The van der Waals surface area contributed by atoms with Gasteiger partial charge in [0.15, 0.2) is 0 Å². The SMILES string of the molecule is COC(=O)c1ccc2c(c1)/C(=C1\c3ccccc3Oc3ccc(C(=O)OC)cc31)c1ccccc1O2. The van der Waals surface area contributed by atoms with Gasteiger partial charge in [0.05, 0.1) is 25.3 Å². The fourth-order valence-electron chi connectivity index (χ4n) is 4.71. The maximum Gasteiger partial charge on any atom is 0.337 e. The molecule has 0 N–H and O–H groups in total. The van der Waals surface area contributed by atoms with E-state index < -0.39 is 11.9 Å². The van der Waals surface area contributed by atoms with Gasteiger partial charge < -0.3 is 18.9 Å². The van der Waals surface area contributed by atoms with Gasteiger partial charge in [-0.25, -0.2) is 9.59 Å². The molecule has 176 valence electrons. The van der Waals surface area contributed by atoms with E-state index in [2.05, 4.69) is 0 Å². The van der Waals surface area contributed by atoms with Gasteiger partial charge in [0.1, 0.15) is 23.0 Å². The standard InChI is InChI=1S/C30H20O6/c1-33-29(31)17-11-13-25-21(15-17)27(19-7-3-5-9-23(19)35-25)28-20-8-4-6-10-24(20)36-26-14-12-18(16-22(26)28)30(32)34-2/h3-16H,1-2H3/b28-27+. The molecule has 6 heteroatoms. The van der Waals surface area contributed by atoms with Crippen LogP contribution in [0.3, 0.4) is 0 Å². The maximum absolute atomic E-state index is 12.4. The van der Waals surface area contributed by atoms with Crippen molar-refractivity contribution in [3.8, 4) is 23.0 Å². The molecule has 4 aromatic rings. The molecule has 2 aliphatic heterocycles. The number of carbonyl (C=O) groups is 2. The highest BCUT2D eigenvalue weighted by atomic mass is 16.5. The van der Waals surface area contributed by atoms with Crippen LogP contribution < -0.4 is 9.47 Å². The summed E-state index contributed by atoms with van der Waals surface area (Å²) in [5.74, 6) is 1.71. The third-order valence-electron chi connectivity index (χ3n) is 6.34. The number of fused-ring (bicyclic) bond motifs is 4.